The molecule has 1 atom stereocenters. The number of hydrogen-bond acceptors (Lipinski definition) is 9. The minimum absolute atomic E-state index is 0.217. The maximum atomic E-state index is 14.3. The summed E-state index contributed by atoms with van der Waals surface area (Å²) >= 11 is 0. The van der Waals surface area contributed by atoms with Crippen molar-refractivity contribution in [3.63, 3.8) is 0 Å². The van der Waals surface area contributed by atoms with Gasteiger partial charge in [-0.2, -0.15) is 5.10 Å². The lowest BCUT2D eigenvalue weighted by Crippen LogP contribution is -2.33. The van der Waals surface area contributed by atoms with Crippen molar-refractivity contribution in [2.45, 2.75) is 19.9 Å². The second-order valence-electron chi connectivity index (χ2n) is 11.1. The molecule has 5 rings (SSSR count). The number of amides is 1. The molecule has 13 nitrogen and oxygen atoms in total. The highest BCUT2D eigenvalue weighted by Gasteiger charge is 2.22. The topological polar surface area (TPSA) is 179 Å². The first-order valence-corrected chi connectivity index (χ1v) is 16.7. The molecule has 3 heterocycles. The molecule has 5 aromatic rings. The van der Waals surface area contributed by atoms with E-state index in [1.165, 1.54) is 18.5 Å². The van der Waals surface area contributed by atoms with E-state index in [1.807, 2.05) is 36.4 Å². The normalized spacial score (nSPS) is 12.8. The van der Waals surface area contributed by atoms with E-state index in [9.17, 15) is 18.0 Å². The summed E-state index contributed by atoms with van der Waals surface area (Å²) < 4.78 is 29.0. The molecule has 0 radical (unpaired) electrons. The molecule has 0 aliphatic rings. The van der Waals surface area contributed by atoms with Crippen molar-refractivity contribution in [2.75, 3.05) is 11.0 Å². The van der Waals surface area contributed by atoms with E-state index >= 15 is 0 Å². The molecule has 0 fully saturated rings. The third kappa shape index (κ3) is 7.98. The van der Waals surface area contributed by atoms with Crippen molar-refractivity contribution in [1.82, 2.24) is 24.6 Å². The predicted molar refractivity (Wildman–Crippen MR) is 191 cm³/mol. The number of anilines is 1. The van der Waals surface area contributed by atoms with Crippen molar-refractivity contribution in [3.8, 4) is 17.5 Å². The molecule has 0 saturated carbocycles. The predicted octanol–water partition coefficient (Wildman–Crippen LogP) is 3.41. The maximum absolute atomic E-state index is 14.3. The lowest BCUT2D eigenvalue weighted by Gasteiger charge is -2.21. The van der Waals surface area contributed by atoms with E-state index in [-0.39, 0.29) is 22.8 Å². The molecule has 49 heavy (non-hydrogen) atoms. The van der Waals surface area contributed by atoms with Crippen molar-refractivity contribution < 1.29 is 13.2 Å². The summed E-state index contributed by atoms with van der Waals surface area (Å²) in [6.45, 7) is 6.79. The molecule has 14 heteroatoms. The zero-order chi connectivity index (χ0) is 35.3. The van der Waals surface area contributed by atoms with Crippen molar-refractivity contribution >= 4 is 44.8 Å². The van der Waals surface area contributed by atoms with Gasteiger partial charge in [0, 0.05) is 47.7 Å². The second-order valence-corrected chi connectivity index (χ2v) is 12.8. The smallest absolute Gasteiger partial charge is 0.274 e. The molecule has 4 N–H and O–H groups in total. The molecule has 0 spiro atoms. The molecule has 3 aromatic heterocycles. The van der Waals surface area contributed by atoms with E-state index in [2.05, 4.69) is 48.7 Å². The van der Waals surface area contributed by atoms with Crippen LogP contribution in [0.4, 0.5) is 5.69 Å². The van der Waals surface area contributed by atoms with Crippen LogP contribution in [0, 0.1) is 11.8 Å². The minimum Gasteiger partial charge on any atom is -0.382 e. The Bertz CT molecular complexity index is 2380. The number of para-hydroxylation sites is 1. The average molecular weight is 676 g/mol. The third-order valence-corrected chi connectivity index (χ3v) is 7.90. The monoisotopic (exact) mass is 675 g/mol. The number of carbonyl (C=O) groups is 1. The van der Waals surface area contributed by atoms with Gasteiger partial charge in [0.15, 0.2) is 11.5 Å². The number of carbonyl (C=O) groups excluding carboxylic acids is 1. The van der Waals surface area contributed by atoms with Crippen LogP contribution in [0.5, 0.6) is 0 Å². The highest BCUT2D eigenvalue weighted by molar-refractivity contribution is 7.92. The number of rotatable bonds is 9. The number of aromatic nitrogens is 4. The van der Waals surface area contributed by atoms with Gasteiger partial charge >= 0.3 is 0 Å². The molecule has 248 valence electrons. The van der Waals surface area contributed by atoms with Crippen molar-refractivity contribution in [1.29, 1.82) is 0 Å². The van der Waals surface area contributed by atoms with Crippen LogP contribution in [-0.4, -0.2) is 52.3 Å². The van der Waals surface area contributed by atoms with Gasteiger partial charge in [0.25, 0.3) is 11.5 Å². The number of nitrogens with one attached hydrogen (secondary N) is 2. The van der Waals surface area contributed by atoms with Gasteiger partial charge in [0.05, 0.1) is 41.3 Å². The number of aliphatic imine (C=N–C) groups is 2. The summed E-state index contributed by atoms with van der Waals surface area (Å²) in [6.07, 6.45) is 7.26. The van der Waals surface area contributed by atoms with Crippen LogP contribution in [0.15, 0.2) is 112 Å². The lowest BCUT2D eigenvalue weighted by molar-refractivity contribution is -0.118. The van der Waals surface area contributed by atoms with Crippen molar-refractivity contribution in [3.05, 3.63) is 130 Å². The highest BCUT2D eigenvalue weighted by Crippen LogP contribution is 2.24. The zero-order valence-electron chi connectivity index (χ0n) is 27.2. The van der Waals surface area contributed by atoms with Crippen LogP contribution in [0.1, 0.15) is 42.3 Å². The molecule has 1 amide bonds. The van der Waals surface area contributed by atoms with E-state index < -0.39 is 22.0 Å². The Morgan fingerprint density at radius 2 is 1.82 bits per heavy atom. The maximum Gasteiger partial charge on any atom is 0.274 e. The first kappa shape index (κ1) is 34.0. The van der Waals surface area contributed by atoms with Gasteiger partial charge in [0.1, 0.15) is 0 Å². The fraction of sp³-hybridized carbons (Fsp3) is 0.143. The average Bonchev–Trinajstić information content (AvgIpc) is 3.49. The number of benzene rings is 2. The molecule has 0 aliphatic heterocycles. The molecule has 0 unspecified atom stereocenters. The molecular formula is C35H33N9O4S. The van der Waals surface area contributed by atoms with Gasteiger partial charge in [-0.3, -0.25) is 28.5 Å². The molecule has 0 aliphatic carbocycles. The number of nitrogens with zero attached hydrogens (tertiary/aromatic N) is 6. The Morgan fingerprint density at radius 3 is 2.49 bits per heavy atom. The molecule has 0 bridgehead atoms. The standard InChI is InChI=1S/C35H33N9O4S/c1-22(27-16-28(20-38-19-27)42-49(5,47)48)40-32(33(36)37-3)34(45)41-23(2)30-17-26-11-9-10-25(15-14-24-18-39-43(4)21-24)31(26)35(46)44(30)29-12-7-6-8-13-29/h6-13,16-21,23,42H,3,36H2,1-2,4-5H3,(H,41,45)/b33-32-,40-22?/t23-/m1/s1. The van der Waals surface area contributed by atoms with E-state index in [4.69, 9.17) is 5.73 Å². The summed E-state index contributed by atoms with van der Waals surface area (Å²) in [6, 6.07) is 17.1. The number of hydrogen-bond donors (Lipinski definition) is 3. The van der Waals surface area contributed by atoms with E-state index in [0.717, 1.165) is 6.26 Å². The van der Waals surface area contributed by atoms with Crippen LogP contribution in [0.3, 0.4) is 0 Å². The second kappa shape index (κ2) is 14.2. The third-order valence-electron chi connectivity index (χ3n) is 7.29. The van der Waals surface area contributed by atoms with E-state index in [1.54, 1.807) is 60.7 Å². The first-order chi connectivity index (χ1) is 23.3. The number of pyridine rings is 2. The Morgan fingerprint density at radius 1 is 1.06 bits per heavy atom. The van der Waals surface area contributed by atoms with Crippen LogP contribution in [0.2, 0.25) is 0 Å². The fourth-order valence-electron chi connectivity index (χ4n) is 5.05. The van der Waals surface area contributed by atoms with Crippen LogP contribution in [0.25, 0.3) is 16.5 Å². The molecule has 2 aromatic carbocycles. The minimum atomic E-state index is -3.55. The Hall–Kier alpha value is -6.33. The van der Waals surface area contributed by atoms with Gasteiger partial charge in [0.2, 0.25) is 10.0 Å². The highest BCUT2D eigenvalue weighted by atomic mass is 32.2. The van der Waals surface area contributed by atoms with Crippen LogP contribution in [-0.2, 0) is 21.9 Å². The van der Waals surface area contributed by atoms with Gasteiger partial charge in [-0.05, 0) is 56.3 Å². The van der Waals surface area contributed by atoms with Gasteiger partial charge in [-0.25, -0.2) is 18.4 Å². The summed E-state index contributed by atoms with van der Waals surface area (Å²) in [4.78, 5) is 40.3. The van der Waals surface area contributed by atoms with Crippen LogP contribution < -0.4 is 21.3 Å². The fourth-order valence-corrected chi connectivity index (χ4v) is 5.59. The Kier molecular flexibility index (Phi) is 9.86. The van der Waals surface area contributed by atoms with Gasteiger partial charge < -0.3 is 11.1 Å². The van der Waals surface area contributed by atoms with Crippen molar-refractivity contribution in [2.24, 2.45) is 22.8 Å². The molecular weight excluding hydrogens is 643 g/mol. The summed E-state index contributed by atoms with van der Waals surface area (Å²) in [5.41, 5.74) is 8.82. The Labute approximate surface area is 283 Å². The van der Waals surface area contributed by atoms with Gasteiger partial charge in [-0.1, -0.05) is 42.2 Å². The molecule has 0 saturated heterocycles. The first-order valence-electron chi connectivity index (χ1n) is 14.8. The summed E-state index contributed by atoms with van der Waals surface area (Å²) in [5, 5.41) is 8.11. The number of aryl methyl sites for hydroxylation is 1. The van der Waals surface area contributed by atoms with Gasteiger partial charge in [-0.15, -0.1) is 0 Å². The summed E-state index contributed by atoms with van der Waals surface area (Å²) in [5.74, 6) is 5.28. The van der Waals surface area contributed by atoms with E-state index in [0.29, 0.717) is 44.6 Å². The quantitative estimate of drug-likeness (QED) is 0.122. The lowest BCUT2D eigenvalue weighted by atomic mass is 10.0. The number of sulfonamides is 1. The van der Waals surface area contributed by atoms with Crippen LogP contribution >= 0.6 is 0 Å². The SMILES string of the molecule is C=N/C(N)=C(\N=C(C)c1cncc(NS(C)(=O)=O)c1)C(=O)N[C@H](C)c1cc2cccc(C#Cc3cnn(C)c3)c2c(=O)n1-c1ccccc1. The zero-order valence-corrected chi connectivity index (χ0v) is 28.0. The largest absolute Gasteiger partial charge is 0.382 e. The number of fused-ring (bicyclic) bond motifs is 1. The number of nitrogens with two attached hydrogens (primary N) is 1. The Balaban J connectivity index is 1.55. The summed E-state index contributed by atoms with van der Waals surface area (Å²) in [7, 11) is -1.75.